The number of ether oxygens (including phenoxy) is 1. The number of nitrogens with zero attached hydrogens (tertiary/aromatic N) is 1. The van der Waals surface area contributed by atoms with Gasteiger partial charge in [-0.1, -0.05) is 0 Å². The van der Waals surface area contributed by atoms with Crippen molar-refractivity contribution >= 4 is 67.6 Å². The smallest absolute Gasteiger partial charge is 0.341 e. The summed E-state index contributed by atoms with van der Waals surface area (Å²) in [5, 5.41) is 12.9. The van der Waals surface area contributed by atoms with Gasteiger partial charge in [-0.25, -0.2) is 9.78 Å². The molecule has 4 N–H and O–H groups in total. The SMILES string of the molecule is Nc1nc2c(s1)C(Cc1cc(I)c(OCC(=O)O)c(I)c1)NCC2. The van der Waals surface area contributed by atoms with Crippen molar-refractivity contribution in [2.45, 2.75) is 18.9 Å². The van der Waals surface area contributed by atoms with E-state index in [1.54, 1.807) is 11.3 Å². The van der Waals surface area contributed by atoms with Gasteiger partial charge in [0, 0.05) is 23.9 Å². The fraction of sp³-hybridized carbons (Fsp3) is 0.333. The predicted octanol–water partition coefficient (Wildman–Crippen LogP) is 2.83. The number of carboxylic acid groups (broad SMARTS) is 1. The minimum atomic E-state index is -0.979. The first-order valence-corrected chi connectivity index (χ1v) is 10.2. The topological polar surface area (TPSA) is 97.5 Å². The summed E-state index contributed by atoms with van der Waals surface area (Å²) in [6.07, 6.45) is 1.75. The second kappa shape index (κ2) is 7.70. The first-order chi connectivity index (χ1) is 11.4. The van der Waals surface area contributed by atoms with Crippen LogP contribution < -0.4 is 15.8 Å². The number of hydrogen-bond donors (Lipinski definition) is 3. The number of benzene rings is 1. The van der Waals surface area contributed by atoms with Crippen molar-refractivity contribution in [2.75, 3.05) is 18.9 Å². The van der Waals surface area contributed by atoms with E-state index in [1.807, 2.05) is 12.1 Å². The van der Waals surface area contributed by atoms with E-state index in [-0.39, 0.29) is 12.6 Å². The Kier molecular flexibility index (Phi) is 5.82. The number of nitrogens with two attached hydrogens (primary N) is 1. The van der Waals surface area contributed by atoms with Crippen LogP contribution in [0.25, 0.3) is 0 Å². The van der Waals surface area contributed by atoms with Crippen LogP contribution in [0.4, 0.5) is 5.13 Å². The molecule has 0 aliphatic carbocycles. The average molecular weight is 571 g/mol. The summed E-state index contributed by atoms with van der Waals surface area (Å²) < 4.78 is 7.20. The fourth-order valence-corrected chi connectivity index (χ4v) is 5.86. The minimum Gasteiger partial charge on any atom is -0.480 e. The first-order valence-electron chi connectivity index (χ1n) is 7.25. The summed E-state index contributed by atoms with van der Waals surface area (Å²) in [5.41, 5.74) is 8.13. The Morgan fingerprint density at radius 3 is 2.83 bits per heavy atom. The number of thiazole rings is 1. The van der Waals surface area contributed by atoms with Crippen LogP contribution in [0.5, 0.6) is 5.75 Å². The third-order valence-electron chi connectivity index (χ3n) is 3.65. The maximum absolute atomic E-state index is 10.7. The molecule has 1 atom stereocenters. The number of halogens is 2. The number of nitrogen functional groups attached to an aromatic ring is 1. The zero-order valence-corrected chi connectivity index (χ0v) is 17.6. The van der Waals surface area contributed by atoms with Crippen LogP contribution in [-0.2, 0) is 17.6 Å². The molecule has 1 aromatic heterocycles. The van der Waals surface area contributed by atoms with E-state index in [0.29, 0.717) is 10.9 Å². The Morgan fingerprint density at radius 1 is 1.46 bits per heavy atom. The summed E-state index contributed by atoms with van der Waals surface area (Å²) in [4.78, 5) is 16.3. The molecule has 1 unspecified atom stereocenters. The molecule has 24 heavy (non-hydrogen) atoms. The Balaban J connectivity index is 1.80. The van der Waals surface area contributed by atoms with E-state index in [2.05, 4.69) is 55.5 Å². The van der Waals surface area contributed by atoms with Crippen molar-refractivity contribution in [1.29, 1.82) is 0 Å². The van der Waals surface area contributed by atoms with Gasteiger partial charge in [-0.2, -0.15) is 0 Å². The van der Waals surface area contributed by atoms with Crippen molar-refractivity contribution < 1.29 is 14.6 Å². The molecule has 0 bridgehead atoms. The lowest BCUT2D eigenvalue weighted by Crippen LogP contribution is -2.30. The number of aliphatic carboxylic acids is 1. The Bertz CT molecular complexity index is 758. The molecule has 6 nitrogen and oxygen atoms in total. The lowest BCUT2D eigenvalue weighted by atomic mass is 10.00. The van der Waals surface area contributed by atoms with Gasteiger partial charge in [-0.15, -0.1) is 11.3 Å². The number of nitrogens with one attached hydrogen (secondary N) is 1. The molecule has 9 heteroatoms. The quantitative estimate of drug-likeness (QED) is 0.478. The van der Waals surface area contributed by atoms with E-state index in [9.17, 15) is 4.79 Å². The summed E-state index contributed by atoms with van der Waals surface area (Å²) in [6.45, 7) is 0.563. The highest BCUT2D eigenvalue weighted by atomic mass is 127. The molecule has 1 aliphatic heterocycles. The van der Waals surface area contributed by atoms with Crippen LogP contribution in [0.2, 0.25) is 0 Å². The molecule has 0 saturated carbocycles. The lowest BCUT2D eigenvalue weighted by molar-refractivity contribution is -0.139. The van der Waals surface area contributed by atoms with Gasteiger partial charge >= 0.3 is 5.97 Å². The van der Waals surface area contributed by atoms with E-state index in [4.69, 9.17) is 15.6 Å². The number of fused-ring (bicyclic) bond motifs is 1. The standard InChI is InChI=1S/C15H15I2N3O3S/c16-8-3-7(4-9(17)13(8)23-6-12(21)22)5-11-14-10(1-2-19-11)20-15(18)24-14/h3-4,11,19H,1-2,5-6H2,(H2,18,20)(H,21,22). The lowest BCUT2D eigenvalue weighted by Gasteiger charge is -2.23. The Morgan fingerprint density at radius 2 is 2.17 bits per heavy atom. The fourth-order valence-electron chi connectivity index (χ4n) is 2.69. The molecule has 1 aromatic carbocycles. The highest BCUT2D eigenvalue weighted by Crippen LogP contribution is 2.34. The maximum atomic E-state index is 10.7. The van der Waals surface area contributed by atoms with Gasteiger partial charge in [0.1, 0.15) is 5.75 Å². The van der Waals surface area contributed by atoms with E-state index >= 15 is 0 Å². The molecular weight excluding hydrogens is 556 g/mol. The second-order valence-corrected chi connectivity index (χ2v) is 8.78. The van der Waals surface area contributed by atoms with Crippen molar-refractivity contribution in [3.8, 4) is 5.75 Å². The Labute approximate surface area is 170 Å². The molecule has 3 rings (SSSR count). The molecule has 0 fully saturated rings. The van der Waals surface area contributed by atoms with Gasteiger partial charge in [0.25, 0.3) is 0 Å². The van der Waals surface area contributed by atoms with E-state index < -0.39 is 5.97 Å². The third-order valence-corrected chi connectivity index (χ3v) is 6.29. The average Bonchev–Trinajstić information content (AvgIpc) is 2.87. The van der Waals surface area contributed by atoms with Crippen molar-refractivity contribution in [1.82, 2.24) is 10.3 Å². The van der Waals surface area contributed by atoms with Gasteiger partial charge in [0.05, 0.1) is 12.8 Å². The minimum absolute atomic E-state index is 0.209. The highest BCUT2D eigenvalue weighted by Gasteiger charge is 2.24. The first kappa shape index (κ1) is 18.1. The van der Waals surface area contributed by atoms with Crippen LogP contribution in [-0.4, -0.2) is 29.2 Å². The number of hydrogen-bond acceptors (Lipinski definition) is 6. The van der Waals surface area contributed by atoms with Crippen LogP contribution in [0.15, 0.2) is 12.1 Å². The largest absolute Gasteiger partial charge is 0.480 e. The van der Waals surface area contributed by atoms with Gasteiger partial charge in [-0.3, -0.25) is 0 Å². The van der Waals surface area contributed by atoms with Gasteiger partial charge in [-0.05, 0) is 69.3 Å². The molecule has 2 aromatic rings. The molecular formula is C15H15I2N3O3S. The number of anilines is 1. The number of rotatable bonds is 5. The second-order valence-electron chi connectivity index (χ2n) is 5.39. The van der Waals surface area contributed by atoms with Crippen LogP contribution in [0.1, 0.15) is 22.2 Å². The van der Waals surface area contributed by atoms with Crippen molar-refractivity contribution in [3.63, 3.8) is 0 Å². The number of carboxylic acids is 1. The van der Waals surface area contributed by atoms with Crippen LogP contribution in [0.3, 0.4) is 0 Å². The number of aromatic nitrogens is 1. The van der Waals surface area contributed by atoms with Crippen molar-refractivity contribution in [2.24, 2.45) is 0 Å². The summed E-state index contributed by atoms with van der Waals surface area (Å²) in [6, 6.07) is 4.29. The maximum Gasteiger partial charge on any atom is 0.341 e. The van der Waals surface area contributed by atoms with Gasteiger partial charge in [0.15, 0.2) is 11.7 Å². The van der Waals surface area contributed by atoms with Crippen LogP contribution >= 0.6 is 56.5 Å². The van der Waals surface area contributed by atoms with E-state index in [0.717, 1.165) is 32.2 Å². The number of carbonyl (C=O) groups is 1. The third kappa shape index (κ3) is 4.11. The van der Waals surface area contributed by atoms with Crippen molar-refractivity contribution in [3.05, 3.63) is 35.4 Å². The Hall–Kier alpha value is -0.660. The predicted molar refractivity (Wildman–Crippen MR) is 110 cm³/mol. The van der Waals surface area contributed by atoms with E-state index in [1.165, 1.54) is 10.4 Å². The zero-order chi connectivity index (χ0) is 17.3. The van der Waals surface area contributed by atoms with Crippen LogP contribution in [0, 0.1) is 7.14 Å². The van der Waals surface area contributed by atoms with Gasteiger partial charge < -0.3 is 20.9 Å². The summed E-state index contributed by atoms with van der Waals surface area (Å²) in [5.74, 6) is -0.353. The molecule has 0 amide bonds. The molecule has 128 valence electrons. The summed E-state index contributed by atoms with van der Waals surface area (Å²) >= 11 is 5.92. The molecule has 0 radical (unpaired) electrons. The highest BCUT2D eigenvalue weighted by molar-refractivity contribution is 14.1. The zero-order valence-electron chi connectivity index (χ0n) is 12.5. The van der Waals surface area contributed by atoms with Gasteiger partial charge in [0.2, 0.25) is 0 Å². The molecule has 0 spiro atoms. The molecule has 2 heterocycles. The summed E-state index contributed by atoms with van der Waals surface area (Å²) in [7, 11) is 0. The molecule has 1 aliphatic rings. The molecule has 0 saturated heterocycles. The monoisotopic (exact) mass is 571 g/mol. The normalized spacial score (nSPS) is 16.7.